The highest BCUT2D eigenvalue weighted by Crippen LogP contribution is 2.33. The molecule has 1 aromatic heterocycles. The van der Waals surface area contributed by atoms with Crippen LogP contribution >= 0.6 is 0 Å². The van der Waals surface area contributed by atoms with E-state index in [1.165, 1.54) is 19.3 Å². The molecular formula is C15H22N2O2. The van der Waals surface area contributed by atoms with Crippen LogP contribution in [0.3, 0.4) is 0 Å². The van der Waals surface area contributed by atoms with Crippen LogP contribution in [0.2, 0.25) is 0 Å². The van der Waals surface area contributed by atoms with E-state index >= 15 is 0 Å². The van der Waals surface area contributed by atoms with Crippen LogP contribution in [-0.4, -0.2) is 39.2 Å². The third-order valence-corrected chi connectivity index (χ3v) is 4.43. The minimum Gasteiger partial charge on any atom is -0.388 e. The van der Waals surface area contributed by atoms with Gasteiger partial charge >= 0.3 is 0 Å². The minimum absolute atomic E-state index is 0.0666. The quantitative estimate of drug-likeness (QED) is 0.888. The first-order valence-corrected chi connectivity index (χ1v) is 7.25. The van der Waals surface area contributed by atoms with Crippen LogP contribution in [0.5, 0.6) is 0 Å². The molecule has 4 heteroatoms. The van der Waals surface area contributed by atoms with Crippen molar-refractivity contribution in [3.63, 3.8) is 0 Å². The summed E-state index contributed by atoms with van der Waals surface area (Å²) in [5, 5.41) is 10.1. The third kappa shape index (κ3) is 2.41. The maximum absolute atomic E-state index is 12.6. The van der Waals surface area contributed by atoms with E-state index in [0.717, 1.165) is 25.1 Å². The fourth-order valence-electron chi connectivity index (χ4n) is 3.11. The van der Waals surface area contributed by atoms with E-state index in [0.29, 0.717) is 12.6 Å². The molecule has 104 valence electrons. The molecule has 19 heavy (non-hydrogen) atoms. The lowest BCUT2D eigenvalue weighted by atomic mass is 9.92. The van der Waals surface area contributed by atoms with Crippen molar-refractivity contribution in [2.24, 2.45) is 0 Å². The summed E-state index contributed by atoms with van der Waals surface area (Å²) in [5.41, 5.74) is 0.0457. The van der Waals surface area contributed by atoms with Crippen LogP contribution in [-0.2, 0) is 0 Å². The number of likely N-dealkylation sites (tertiary alicyclic amines) is 1. The summed E-state index contributed by atoms with van der Waals surface area (Å²) < 4.78 is 2.12. The van der Waals surface area contributed by atoms with E-state index in [1.54, 1.807) is 4.90 Å². The molecule has 1 N–H and O–H groups in total. The molecule has 2 aliphatic rings. The second kappa shape index (κ2) is 4.67. The van der Waals surface area contributed by atoms with Crippen LogP contribution in [0, 0.1) is 0 Å². The summed E-state index contributed by atoms with van der Waals surface area (Å²) in [7, 11) is 0. The van der Waals surface area contributed by atoms with Gasteiger partial charge in [0.1, 0.15) is 5.69 Å². The van der Waals surface area contributed by atoms with Crippen LogP contribution in [0.25, 0.3) is 0 Å². The molecule has 1 aromatic rings. The number of β-amino-alcohol motifs (C(OH)–C–C–N with tert-alkyl or cyclic N) is 1. The molecule has 1 amide bonds. The number of hydrogen-bond donors (Lipinski definition) is 1. The number of rotatable bonds is 2. The highest BCUT2D eigenvalue weighted by molar-refractivity contribution is 5.93. The first-order valence-electron chi connectivity index (χ1n) is 7.25. The first-order chi connectivity index (χ1) is 9.07. The lowest BCUT2D eigenvalue weighted by Gasteiger charge is -2.37. The lowest BCUT2D eigenvalue weighted by molar-refractivity contribution is -0.0112. The summed E-state index contributed by atoms with van der Waals surface area (Å²) in [4.78, 5) is 14.4. The summed E-state index contributed by atoms with van der Waals surface area (Å²) in [6, 6.07) is 4.36. The Labute approximate surface area is 114 Å². The standard InChI is InChI=1S/C15H22N2O2/c1-15(19)8-4-9-16(11-15)14(18)13-7-3-10-17(13)12-5-2-6-12/h3,7,10,12,19H,2,4-6,8-9,11H2,1H3. The van der Waals surface area contributed by atoms with Crippen molar-refractivity contribution in [1.82, 2.24) is 9.47 Å². The number of nitrogens with zero attached hydrogens (tertiary/aromatic N) is 2. The minimum atomic E-state index is -0.734. The van der Waals surface area contributed by atoms with E-state index < -0.39 is 5.60 Å². The Bertz CT molecular complexity index is 474. The van der Waals surface area contributed by atoms with E-state index in [-0.39, 0.29) is 5.91 Å². The fraction of sp³-hybridized carbons (Fsp3) is 0.667. The molecule has 1 aliphatic heterocycles. The number of carbonyl (C=O) groups excluding carboxylic acids is 1. The van der Waals surface area contributed by atoms with E-state index in [1.807, 2.05) is 25.3 Å². The second-order valence-electron chi connectivity index (χ2n) is 6.21. The number of aromatic nitrogens is 1. The van der Waals surface area contributed by atoms with Gasteiger partial charge in [0.2, 0.25) is 0 Å². The molecule has 2 fully saturated rings. The maximum atomic E-state index is 12.6. The van der Waals surface area contributed by atoms with Crippen molar-refractivity contribution in [3.8, 4) is 0 Å². The molecule has 0 spiro atoms. The topological polar surface area (TPSA) is 45.5 Å². The summed E-state index contributed by atoms with van der Waals surface area (Å²) in [6.07, 6.45) is 7.27. The van der Waals surface area contributed by atoms with Crippen molar-refractivity contribution >= 4 is 5.91 Å². The van der Waals surface area contributed by atoms with Gasteiger partial charge in [0, 0.05) is 25.3 Å². The predicted molar refractivity (Wildman–Crippen MR) is 73.1 cm³/mol. The normalized spacial score (nSPS) is 28.2. The SMILES string of the molecule is CC1(O)CCCN(C(=O)c2cccn2C2CCC2)C1. The highest BCUT2D eigenvalue weighted by atomic mass is 16.3. The van der Waals surface area contributed by atoms with Crippen LogP contribution < -0.4 is 0 Å². The molecular weight excluding hydrogens is 240 g/mol. The van der Waals surface area contributed by atoms with Crippen molar-refractivity contribution in [1.29, 1.82) is 0 Å². The molecule has 2 heterocycles. The molecule has 1 saturated carbocycles. The average molecular weight is 262 g/mol. The Kier molecular flexibility index (Phi) is 3.13. The largest absolute Gasteiger partial charge is 0.388 e. The molecule has 0 aromatic carbocycles. The fourth-order valence-corrected chi connectivity index (χ4v) is 3.11. The predicted octanol–water partition coefficient (Wildman–Crippen LogP) is 2.20. The van der Waals surface area contributed by atoms with Crippen LogP contribution in [0.4, 0.5) is 0 Å². The molecule has 4 nitrogen and oxygen atoms in total. The van der Waals surface area contributed by atoms with E-state index in [4.69, 9.17) is 0 Å². The zero-order chi connectivity index (χ0) is 13.5. The molecule has 0 bridgehead atoms. The lowest BCUT2D eigenvalue weighted by Crippen LogP contribution is -2.49. The van der Waals surface area contributed by atoms with Gasteiger partial charge in [-0.25, -0.2) is 0 Å². The number of aliphatic hydroxyl groups is 1. The smallest absolute Gasteiger partial charge is 0.270 e. The summed E-state index contributed by atoms with van der Waals surface area (Å²) in [6.45, 7) is 3.02. The van der Waals surface area contributed by atoms with Gasteiger partial charge in [-0.15, -0.1) is 0 Å². The van der Waals surface area contributed by atoms with Gasteiger partial charge in [-0.1, -0.05) is 0 Å². The Balaban J connectivity index is 1.78. The molecule has 0 radical (unpaired) electrons. The number of hydrogen-bond acceptors (Lipinski definition) is 2. The maximum Gasteiger partial charge on any atom is 0.270 e. The van der Waals surface area contributed by atoms with Gasteiger partial charge in [0.15, 0.2) is 0 Å². The second-order valence-corrected chi connectivity index (χ2v) is 6.21. The summed E-state index contributed by atoms with van der Waals surface area (Å²) in [5.74, 6) is 0.0666. The Hall–Kier alpha value is -1.29. The average Bonchev–Trinajstić information content (AvgIpc) is 2.73. The van der Waals surface area contributed by atoms with Gasteiger partial charge < -0.3 is 14.6 Å². The highest BCUT2D eigenvalue weighted by Gasteiger charge is 2.33. The number of amides is 1. The van der Waals surface area contributed by atoms with Gasteiger partial charge in [-0.2, -0.15) is 0 Å². The van der Waals surface area contributed by atoms with E-state index in [2.05, 4.69) is 4.57 Å². The third-order valence-electron chi connectivity index (χ3n) is 4.43. The number of piperidine rings is 1. The Morgan fingerprint density at radius 1 is 1.42 bits per heavy atom. The van der Waals surface area contributed by atoms with Crippen LogP contribution in [0.15, 0.2) is 18.3 Å². The van der Waals surface area contributed by atoms with Crippen molar-refractivity contribution in [3.05, 3.63) is 24.0 Å². The number of carbonyl (C=O) groups is 1. The molecule has 1 saturated heterocycles. The first kappa shape index (κ1) is 12.7. The van der Waals surface area contributed by atoms with E-state index in [9.17, 15) is 9.90 Å². The monoisotopic (exact) mass is 262 g/mol. The summed E-state index contributed by atoms with van der Waals surface area (Å²) >= 11 is 0. The van der Waals surface area contributed by atoms with Gasteiger partial charge in [-0.3, -0.25) is 4.79 Å². The zero-order valence-electron chi connectivity index (χ0n) is 11.5. The Morgan fingerprint density at radius 2 is 2.21 bits per heavy atom. The van der Waals surface area contributed by atoms with Crippen molar-refractivity contribution in [2.75, 3.05) is 13.1 Å². The zero-order valence-corrected chi connectivity index (χ0v) is 11.5. The van der Waals surface area contributed by atoms with Crippen molar-refractivity contribution < 1.29 is 9.90 Å². The molecule has 1 atom stereocenters. The Morgan fingerprint density at radius 3 is 2.84 bits per heavy atom. The van der Waals surface area contributed by atoms with Crippen LogP contribution in [0.1, 0.15) is 55.6 Å². The van der Waals surface area contributed by atoms with Gasteiger partial charge in [0.25, 0.3) is 5.91 Å². The van der Waals surface area contributed by atoms with Gasteiger partial charge in [0.05, 0.1) is 5.60 Å². The molecule has 3 rings (SSSR count). The molecule has 1 aliphatic carbocycles. The molecule has 1 unspecified atom stereocenters. The van der Waals surface area contributed by atoms with Gasteiger partial charge in [-0.05, 0) is 51.2 Å². The van der Waals surface area contributed by atoms with Crippen molar-refractivity contribution in [2.45, 2.75) is 50.7 Å².